The molecule has 0 aliphatic heterocycles. The standard InChI is InChI=1S/C14H10F2N2O4/c1-22-9-3-5-13(18(20)21)10(7-9)14(19)17-8-2-4-11(15)12(16)6-8/h2-7H,1H3,(H,17,19). The number of anilines is 1. The van der Waals surface area contributed by atoms with Crippen LogP contribution in [0.5, 0.6) is 5.75 Å². The normalized spacial score (nSPS) is 10.1. The summed E-state index contributed by atoms with van der Waals surface area (Å²) < 4.78 is 30.9. The van der Waals surface area contributed by atoms with Gasteiger partial charge in [-0.3, -0.25) is 14.9 Å². The Bertz CT molecular complexity index is 750. The van der Waals surface area contributed by atoms with Crippen LogP contribution in [0.2, 0.25) is 0 Å². The highest BCUT2D eigenvalue weighted by molar-refractivity contribution is 6.07. The fourth-order valence-electron chi connectivity index (χ4n) is 1.76. The number of methoxy groups -OCH3 is 1. The largest absolute Gasteiger partial charge is 0.497 e. The number of nitro groups is 1. The molecule has 0 atom stereocenters. The molecule has 0 saturated carbocycles. The Labute approximate surface area is 123 Å². The van der Waals surface area contributed by atoms with Crippen molar-refractivity contribution in [2.45, 2.75) is 0 Å². The SMILES string of the molecule is COc1ccc([N+](=O)[O-])c(C(=O)Nc2ccc(F)c(F)c2)c1. The first-order chi connectivity index (χ1) is 10.4. The maximum Gasteiger partial charge on any atom is 0.282 e. The maximum atomic E-state index is 13.1. The molecule has 0 heterocycles. The van der Waals surface area contributed by atoms with Crippen LogP contribution in [0.15, 0.2) is 36.4 Å². The fourth-order valence-corrected chi connectivity index (χ4v) is 1.76. The van der Waals surface area contributed by atoms with Crippen molar-refractivity contribution in [1.82, 2.24) is 0 Å². The van der Waals surface area contributed by atoms with Crippen LogP contribution in [0, 0.1) is 21.7 Å². The second-order valence-electron chi connectivity index (χ2n) is 4.22. The zero-order chi connectivity index (χ0) is 16.3. The molecule has 6 nitrogen and oxygen atoms in total. The summed E-state index contributed by atoms with van der Waals surface area (Å²) in [5, 5.41) is 13.2. The van der Waals surface area contributed by atoms with Gasteiger partial charge in [0, 0.05) is 17.8 Å². The number of hydrogen-bond donors (Lipinski definition) is 1. The molecule has 0 bridgehead atoms. The van der Waals surface area contributed by atoms with Crippen LogP contribution in [0.25, 0.3) is 0 Å². The summed E-state index contributed by atoms with van der Waals surface area (Å²) in [5.41, 5.74) is -0.712. The number of benzene rings is 2. The number of carbonyl (C=O) groups excluding carboxylic acids is 1. The van der Waals surface area contributed by atoms with E-state index in [1.54, 1.807) is 0 Å². The van der Waals surface area contributed by atoms with Gasteiger partial charge in [0.1, 0.15) is 11.3 Å². The summed E-state index contributed by atoms with van der Waals surface area (Å²) >= 11 is 0. The van der Waals surface area contributed by atoms with Crippen LogP contribution >= 0.6 is 0 Å². The zero-order valence-corrected chi connectivity index (χ0v) is 11.3. The van der Waals surface area contributed by atoms with Crippen LogP contribution in [0.1, 0.15) is 10.4 Å². The minimum absolute atomic E-state index is 0.0268. The molecule has 0 aliphatic rings. The molecule has 0 saturated heterocycles. The Morgan fingerprint density at radius 2 is 1.91 bits per heavy atom. The van der Waals surface area contributed by atoms with E-state index in [1.165, 1.54) is 19.2 Å². The van der Waals surface area contributed by atoms with Gasteiger partial charge in [-0.2, -0.15) is 0 Å². The molecule has 22 heavy (non-hydrogen) atoms. The number of ether oxygens (including phenoxy) is 1. The lowest BCUT2D eigenvalue weighted by atomic mass is 10.1. The Morgan fingerprint density at radius 3 is 2.50 bits per heavy atom. The molecule has 2 aromatic rings. The Kier molecular flexibility index (Phi) is 4.31. The minimum Gasteiger partial charge on any atom is -0.497 e. The first-order valence-corrected chi connectivity index (χ1v) is 6.01. The molecular formula is C14H10F2N2O4. The molecule has 0 unspecified atom stereocenters. The van der Waals surface area contributed by atoms with Crippen LogP contribution < -0.4 is 10.1 Å². The Balaban J connectivity index is 2.35. The smallest absolute Gasteiger partial charge is 0.282 e. The van der Waals surface area contributed by atoms with E-state index in [0.29, 0.717) is 0 Å². The molecular weight excluding hydrogens is 298 g/mol. The Hall–Kier alpha value is -3.03. The van der Waals surface area contributed by atoms with Crippen molar-refractivity contribution >= 4 is 17.3 Å². The van der Waals surface area contributed by atoms with E-state index < -0.39 is 28.2 Å². The van der Waals surface area contributed by atoms with E-state index in [1.807, 2.05) is 0 Å². The van der Waals surface area contributed by atoms with Gasteiger partial charge < -0.3 is 10.1 Å². The highest BCUT2D eigenvalue weighted by Crippen LogP contribution is 2.25. The third kappa shape index (κ3) is 3.17. The summed E-state index contributed by atoms with van der Waals surface area (Å²) in [6.45, 7) is 0. The van der Waals surface area contributed by atoms with E-state index in [0.717, 1.165) is 24.3 Å². The molecule has 1 amide bonds. The quantitative estimate of drug-likeness (QED) is 0.695. The van der Waals surface area contributed by atoms with E-state index in [4.69, 9.17) is 4.74 Å². The number of nitro benzene ring substituents is 1. The summed E-state index contributed by atoms with van der Waals surface area (Å²) in [5.74, 6) is -2.79. The molecule has 1 N–H and O–H groups in total. The molecule has 2 aromatic carbocycles. The van der Waals surface area contributed by atoms with Crippen molar-refractivity contribution in [1.29, 1.82) is 0 Å². The second-order valence-corrected chi connectivity index (χ2v) is 4.22. The molecule has 8 heteroatoms. The minimum atomic E-state index is -1.14. The molecule has 0 aliphatic carbocycles. The molecule has 0 fully saturated rings. The third-order valence-electron chi connectivity index (χ3n) is 2.82. The number of hydrogen-bond acceptors (Lipinski definition) is 4. The fraction of sp³-hybridized carbons (Fsp3) is 0.0714. The maximum absolute atomic E-state index is 13.1. The van der Waals surface area contributed by atoms with Gasteiger partial charge in [-0.1, -0.05) is 0 Å². The van der Waals surface area contributed by atoms with E-state index >= 15 is 0 Å². The van der Waals surface area contributed by atoms with Crippen LogP contribution in [0.3, 0.4) is 0 Å². The van der Waals surface area contributed by atoms with Gasteiger partial charge in [0.2, 0.25) is 0 Å². The third-order valence-corrected chi connectivity index (χ3v) is 2.82. The summed E-state index contributed by atoms with van der Waals surface area (Å²) in [4.78, 5) is 22.3. The van der Waals surface area contributed by atoms with Crippen molar-refractivity contribution in [2.75, 3.05) is 12.4 Å². The number of carbonyl (C=O) groups is 1. The number of halogens is 2. The predicted molar refractivity (Wildman–Crippen MR) is 74.0 cm³/mol. The van der Waals surface area contributed by atoms with Gasteiger partial charge in [0.05, 0.1) is 12.0 Å². The first-order valence-electron chi connectivity index (χ1n) is 6.01. The number of rotatable bonds is 4. The van der Waals surface area contributed by atoms with Crippen molar-refractivity contribution < 1.29 is 23.2 Å². The van der Waals surface area contributed by atoms with Crippen molar-refractivity contribution in [3.05, 3.63) is 63.7 Å². The summed E-state index contributed by atoms with van der Waals surface area (Å²) in [7, 11) is 1.35. The van der Waals surface area contributed by atoms with Gasteiger partial charge in [-0.05, 0) is 24.3 Å². The van der Waals surface area contributed by atoms with Crippen molar-refractivity contribution in [3.8, 4) is 5.75 Å². The van der Waals surface area contributed by atoms with E-state index in [-0.39, 0.29) is 17.0 Å². The van der Waals surface area contributed by atoms with Gasteiger partial charge in [-0.15, -0.1) is 0 Å². The highest BCUT2D eigenvalue weighted by Gasteiger charge is 2.21. The van der Waals surface area contributed by atoms with Crippen molar-refractivity contribution in [3.63, 3.8) is 0 Å². The number of nitrogens with zero attached hydrogens (tertiary/aromatic N) is 1. The van der Waals surface area contributed by atoms with Crippen LogP contribution in [0.4, 0.5) is 20.2 Å². The first kappa shape index (κ1) is 15.4. The van der Waals surface area contributed by atoms with Crippen molar-refractivity contribution in [2.24, 2.45) is 0 Å². The van der Waals surface area contributed by atoms with Crippen LogP contribution in [-0.4, -0.2) is 17.9 Å². The van der Waals surface area contributed by atoms with E-state index in [2.05, 4.69) is 5.32 Å². The highest BCUT2D eigenvalue weighted by atomic mass is 19.2. The van der Waals surface area contributed by atoms with Gasteiger partial charge in [0.15, 0.2) is 11.6 Å². The van der Waals surface area contributed by atoms with Gasteiger partial charge >= 0.3 is 0 Å². The number of amides is 1. The monoisotopic (exact) mass is 308 g/mol. The average molecular weight is 308 g/mol. The van der Waals surface area contributed by atoms with Gasteiger partial charge in [0.25, 0.3) is 11.6 Å². The lowest BCUT2D eigenvalue weighted by Crippen LogP contribution is -2.14. The topological polar surface area (TPSA) is 81.5 Å². The van der Waals surface area contributed by atoms with Gasteiger partial charge in [-0.25, -0.2) is 8.78 Å². The summed E-state index contributed by atoms with van der Waals surface area (Å²) in [6, 6.07) is 6.41. The molecule has 2 rings (SSSR count). The lowest BCUT2D eigenvalue weighted by Gasteiger charge is -2.08. The molecule has 0 spiro atoms. The average Bonchev–Trinajstić information content (AvgIpc) is 2.50. The number of nitrogens with one attached hydrogen (secondary N) is 1. The van der Waals surface area contributed by atoms with E-state index in [9.17, 15) is 23.7 Å². The van der Waals surface area contributed by atoms with Crippen LogP contribution in [-0.2, 0) is 0 Å². The Morgan fingerprint density at radius 1 is 1.18 bits per heavy atom. The molecule has 0 aromatic heterocycles. The lowest BCUT2D eigenvalue weighted by molar-refractivity contribution is -0.385. The molecule has 0 radical (unpaired) electrons. The molecule has 114 valence electrons. The predicted octanol–water partition coefficient (Wildman–Crippen LogP) is 3.13. The summed E-state index contributed by atoms with van der Waals surface area (Å²) in [6.07, 6.45) is 0. The zero-order valence-electron chi connectivity index (χ0n) is 11.3. The second kappa shape index (κ2) is 6.17.